The molecule has 0 aliphatic carbocycles. The summed E-state index contributed by atoms with van der Waals surface area (Å²) in [5.41, 5.74) is 9.32. The van der Waals surface area contributed by atoms with Gasteiger partial charge in [-0.2, -0.15) is 5.10 Å². The third-order valence-electron chi connectivity index (χ3n) is 6.13. The minimum atomic E-state index is 0.0249. The van der Waals surface area contributed by atoms with E-state index in [2.05, 4.69) is 56.4 Å². The number of aryl methyl sites for hydroxylation is 5. The van der Waals surface area contributed by atoms with Crippen LogP contribution in [0.4, 0.5) is 5.69 Å². The Morgan fingerprint density at radius 3 is 2.41 bits per heavy atom. The number of carbonyl (C=O) groups is 1. The van der Waals surface area contributed by atoms with Crippen LogP contribution in [-0.2, 0) is 17.6 Å². The fourth-order valence-electron chi connectivity index (χ4n) is 4.34. The van der Waals surface area contributed by atoms with Crippen molar-refractivity contribution in [2.24, 2.45) is 0 Å². The molecule has 0 fully saturated rings. The number of hydrogen-bond acceptors (Lipinski definition) is 3. The summed E-state index contributed by atoms with van der Waals surface area (Å²) in [4.78, 5) is 17.6. The first-order valence-electron chi connectivity index (χ1n) is 11.2. The maximum absolute atomic E-state index is 12.7. The van der Waals surface area contributed by atoms with E-state index in [0.29, 0.717) is 12.8 Å². The standard InChI is InChI=1S/C27H30N4O/c1-6-21-9-7-8-10-24(21)29-25(32)16-15-23-18(3)26-20(5)30-31(27(26)28-19(23)4)22-13-11-17(2)12-14-22/h7-14H,6,15-16H2,1-5H3,(H,29,32). The highest BCUT2D eigenvalue weighted by Gasteiger charge is 2.18. The van der Waals surface area contributed by atoms with Crippen molar-refractivity contribution in [2.45, 2.75) is 53.9 Å². The monoisotopic (exact) mass is 426 g/mol. The number of para-hydroxylation sites is 1. The van der Waals surface area contributed by atoms with E-state index in [4.69, 9.17) is 10.1 Å². The predicted octanol–water partition coefficient (Wildman–Crippen LogP) is 5.79. The molecule has 0 unspecified atom stereocenters. The first-order chi connectivity index (χ1) is 15.4. The van der Waals surface area contributed by atoms with Crippen LogP contribution in [0.25, 0.3) is 16.7 Å². The Bertz CT molecular complexity index is 1290. The third-order valence-corrected chi connectivity index (χ3v) is 6.13. The smallest absolute Gasteiger partial charge is 0.224 e. The van der Waals surface area contributed by atoms with Crippen molar-refractivity contribution in [3.63, 3.8) is 0 Å². The molecule has 0 radical (unpaired) electrons. The average molecular weight is 427 g/mol. The lowest BCUT2D eigenvalue weighted by Crippen LogP contribution is -2.14. The summed E-state index contributed by atoms with van der Waals surface area (Å²) in [6.07, 6.45) is 1.95. The number of fused-ring (bicyclic) bond motifs is 1. The van der Waals surface area contributed by atoms with Gasteiger partial charge in [0, 0.05) is 23.2 Å². The third kappa shape index (κ3) is 4.15. The number of nitrogens with zero attached hydrogens (tertiary/aromatic N) is 3. The van der Waals surface area contributed by atoms with Crippen LogP contribution in [0.1, 0.15) is 47.0 Å². The number of aromatic nitrogens is 3. The average Bonchev–Trinajstić information content (AvgIpc) is 3.10. The van der Waals surface area contributed by atoms with Crippen molar-refractivity contribution in [3.8, 4) is 5.69 Å². The molecule has 4 rings (SSSR count). The summed E-state index contributed by atoms with van der Waals surface area (Å²) >= 11 is 0. The minimum absolute atomic E-state index is 0.0249. The number of amides is 1. The molecule has 0 atom stereocenters. The number of benzene rings is 2. The Hall–Kier alpha value is -3.47. The first-order valence-corrected chi connectivity index (χ1v) is 11.2. The van der Waals surface area contributed by atoms with Crippen LogP contribution < -0.4 is 5.32 Å². The lowest BCUT2D eigenvalue weighted by Gasteiger charge is -2.13. The zero-order chi connectivity index (χ0) is 22.8. The SMILES string of the molecule is CCc1ccccc1NC(=O)CCc1c(C)nc2c(c(C)nn2-c2ccc(C)cc2)c1C. The van der Waals surface area contributed by atoms with Gasteiger partial charge in [-0.25, -0.2) is 9.67 Å². The van der Waals surface area contributed by atoms with E-state index in [9.17, 15) is 4.79 Å². The minimum Gasteiger partial charge on any atom is -0.326 e. The molecule has 5 nitrogen and oxygen atoms in total. The van der Waals surface area contributed by atoms with E-state index >= 15 is 0 Å². The zero-order valence-electron chi connectivity index (χ0n) is 19.5. The zero-order valence-corrected chi connectivity index (χ0v) is 19.5. The molecule has 2 aromatic carbocycles. The van der Waals surface area contributed by atoms with E-state index in [0.717, 1.165) is 56.9 Å². The molecule has 2 heterocycles. The summed E-state index contributed by atoms with van der Waals surface area (Å²) in [7, 11) is 0. The van der Waals surface area contributed by atoms with Crippen molar-refractivity contribution in [3.05, 3.63) is 82.2 Å². The highest BCUT2D eigenvalue weighted by molar-refractivity contribution is 5.92. The second-order valence-corrected chi connectivity index (χ2v) is 8.39. The molecule has 1 N–H and O–H groups in total. The van der Waals surface area contributed by atoms with Gasteiger partial charge in [-0.05, 0) is 75.4 Å². The van der Waals surface area contributed by atoms with Gasteiger partial charge < -0.3 is 5.32 Å². The highest BCUT2D eigenvalue weighted by Crippen LogP contribution is 2.28. The summed E-state index contributed by atoms with van der Waals surface area (Å²) in [6.45, 7) is 10.3. The van der Waals surface area contributed by atoms with Crippen LogP contribution in [-0.4, -0.2) is 20.7 Å². The molecule has 0 spiro atoms. The molecule has 164 valence electrons. The van der Waals surface area contributed by atoms with Crippen molar-refractivity contribution >= 4 is 22.6 Å². The quantitative estimate of drug-likeness (QED) is 0.425. The van der Waals surface area contributed by atoms with E-state index in [1.807, 2.05) is 36.7 Å². The van der Waals surface area contributed by atoms with Crippen molar-refractivity contribution in [1.82, 2.24) is 14.8 Å². The Morgan fingerprint density at radius 1 is 0.969 bits per heavy atom. The molecule has 32 heavy (non-hydrogen) atoms. The van der Waals surface area contributed by atoms with Crippen LogP contribution in [0.15, 0.2) is 48.5 Å². The van der Waals surface area contributed by atoms with Crippen molar-refractivity contribution < 1.29 is 4.79 Å². The van der Waals surface area contributed by atoms with Gasteiger partial charge in [-0.1, -0.05) is 42.8 Å². The largest absolute Gasteiger partial charge is 0.326 e. The molecule has 1 amide bonds. The Morgan fingerprint density at radius 2 is 1.69 bits per heavy atom. The van der Waals surface area contributed by atoms with Gasteiger partial charge in [0.2, 0.25) is 5.91 Å². The van der Waals surface area contributed by atoms with Crippen molar-refractivity contribution in [1.29, 1.82) is 0 Å². The summed E-state index contributed by atoms with van der Waals surface area (Å²) < 4.78 is 1.92. The van der Waals surface area contributed by atoms with Crippen molar-refractivity contribution in [2.75, 3.05) is 5.32 Å². The fraction of sp³-hybridized carbons (Fsp3) is 0.296. The van der Waals surface area contributed by atoms with Gasteiger partial charge in [0.05, 0.1) is 11.4 Å². The second-order valence-electron chi connectivity index (χ2n) is 8.39. The van der Waals surface area contributed by atoms with Gasteiger partial charge in [-0.15, -0.1) is 0 Å². The molecular formula is C27H30N4O. The van der Waals surface area contributed by atoms with Gasteiger partial charge in [0.1, 0.15) is 0 Å². The van der Waals surface area contributed by atoms with Crippen LogP contribution in [0.2, 0.25) is 0 Å². The summed E-state index contributed by atoms with van der Waals surface area (Å²) in [5.74, 6) is 0.0249. The van der Waals surface area contributed by atoms with Crippen LogP contribution in [0.5, 0.6) is 0 Å². The molecule has 0 saturated carbocycles. The Kier molecular flexibility index (Phi) is 6.08. The van der Waals surface area contributed by atoms with E-state index < -0.39 is 0 Å². The maximum atomic E-state index is 12.7. The molecule has 2 aromatic heterocycles. The van der Waals surface area contributed by atoms with Gasteiger partial charge >= 0.3 is 0 Å². The normalized spacial score (nSPS) is 11.2. The van der Waals surface area contributed by atoms with E-state index in [1.165, 1.54) is 5.56 Å². The first kappa shape index (κ1) is 21.8. The molecule has 4 aromatic rings. The summed E-state index contributed by atoms with van der Waals surface area (Å²) in [6, 6.07) is 16.3. The molecule has 0 bridgehead atoms. The topological polar surface area (TPSA) is 59.8 Å². The molecule has 0 aliphatic heterocycles. The molecule has 0 aliphatic rings. The lowest BCUT2D eigenvalue weighted by atomic mass is 9.99. The number of anilines is 1. The highest BCUT2D eigenvalue weighted by atomic mass is 16.1. The van der Waals surface area contributed by atoms with E-state index in [-0.39, 0.29) is 5.91 Å². The maximum Gasteiger partial charge on any atom is 0.224 e. The molecule has 0 saturated heterocycles. The Balaban J connectivity index is 1.60. The van der Waals surface area contributed by atoms with Gasteiger partial charge in [0.15, 0.2) is 5.65 Å². The fourth-order valence-corrected chi connectivity index (χ4v) is 4.34. The second kappa shape index (κ2) is 8.95. The van der Waals surface area contributed by atoms with Gasteiger partial charge in [-0.3, -0.25) is 4.79 Å². The predicted molar refractivity (Wildman–Crippen MR) is 131 cm³/mol. The number of pyridine rings is 1. The molecule has 5 heteroatoms. The summed E-state index contributed by atoms with van der Waals surface area (Å²) in [5, 5.41) is 8.92. The van der Waals surface area contributed by atoms with Crippen LogP contribution >= 0.6 is 0 Å². The number of carbonyl (C=O) groups excluding carboxylic acids is 1. The van der Waals surface area contributed by atoms with Crippen LogP contribution in [0, 0.1) is 27.7 Å². The lowest BCUT2D eigenvalue weighted by molar-refractivity contribution is -0.116. The van der Waals surface area contributed by atoms with Gasteiger partial charge in [0.25, 0.3) is 0 Å². The number of rotatable bonds is 6. The molecular weight excluding hydrogens is 396 g/mol. The number of nitrogens with one attached hydrogen (secondary N) is 1. The van der Waals surface area contributed by atoms with Crippen LogP contribution in [0.3, 0.4) is 0 Å². The van der Waals surface area contributed by atoms with E-state index in [1.54, 1.807) is 0 Å². The number of hydrogen-bond donors (Lipinski definition) is 1. The Labute approximate surface area is 189 Å².